The van der Waals surface area contributed by atoms with Crippen molar-refractivity contribution in [2.75, 3.05) is 31.1 Å². The van der Waals surface area contributed by atoms with Crippen molar-refractivity contribution >= 4 is 22.6 Å². The van der Waals surface area contributed by atoms with E-state index in [9.17, 15) is 18.0 Å². The lowest BCUT2D eigenvalue weighted by atomic mass is 10.0. The molecular weight excluding hydrogens is 400 g/mol. The molecular formula is C21H16F4N4O. The van der Waals surface area contributed by atoms with E-state index in [0.29, 0.717) is 38.1 Å². The molecule has 5 nitrogen and oxygen atoms in total. The molecule has 1 aromatic heterocycles. The van der Waals surface area contributed by atoms with E-state index in [1.165, 1.54) is 6.08 Å². The SMILES string of the molecule is C=CC(=O)N1CCN(c2ncnc3c(F)c(-c4ccc(F)cc4F)c(F)cc23)CC1. The van der Waals surface area contributed by atoms with Crippen molar-refractivity contribution < 1.29 is 22.4 Å². The van der Waals surface area contributed by atoms with Crippen LogP contribution in [0.1, 0.15) is 0 Å². The smallest absolute Gasteiger partial charge is 0.246 e. The van der Waals surface area contributed by atoms with Gasteiger partial charge in [-0.1, -0.05) is 6.58 Å². The molecule has 30 heavy (non-hydrogen) atoms. The van der Waals surface area contributed by atoms with Crippen molar-refractivity contribution in [1.29, 1.82) is 0 Å². The van der Waals surface area contributed by atoms with Gasteiger partial charge in [0.05, 0.1) is 5.56 Å². The minimum absolute atomic E-state index is 0.127. The fraction of sp³-hybridized carbons (Fsp3) is 0.190. The highest BCUT2D eigenvalue weighted by molar-refractivity contribution is 5.93. The third kappa shape index (κ3) is 3.36. The van der Waals surface area contributed by atoms with Gasteiger partial charge in [-0.2, -0.15) is 0 Å². The van der Waals surface area contributed by atoms with E-state index in [1.807, 2.05) is 0 Å². The Labute approximate surface area is 169 Å². The summed E-state index contributed by atoms with van der Waals surface area (Å²) in [5, 5.41) is 0.127. The fourth-order valence-electron chi connectivity index (χ4n) is 3.58. The standard InChI is InChI=1S/C21H16F4N4O/c1-2-17(30)28-5-7-29(8-6-28)21-14-10-16(24)18(19(25)20(14)26-11-27-21)13-4-3-12(22)9-15(13)23/h2-4,9-11H,1,5-8H2. The van der Waals surface area contributed by atoms with Crippen molar-refractivity contribution in [2.45, 2.75) is 0 Å². The van der Waals surface area contributed by atoms with E-state index in [2.05, 4.69) is 16.5 Å². The molecule has 0 radical (unpaired) electrons. The number of halogens is 4. The number of fused-ring (bicyclic) bond motifs is 1. The number of carbonyl (C=O) groups is 1. The highest BCUT2D eigenvalue weighted by Gasteiger charge is 2.25. The average molecular weight is 416 g/mol. The van der Waals surface area contributed by atoms with Crippen LogP contribution in [-0.2, 0) is 4.79 Å². The number of hydrogen-bond donors (Lipinski definition) is 0. The number of carbonyl (C=O) groups excluding carboxylic acids is 1. The zero-order chi connectivity index (χ0) is 21.4. The molecule has 1 amide bonds. The first kappa shape index (κ1) is 19.8. The van der Waals surface area contributed by atoms with Crippen LogP contribution in [0.3, 0.4) is 0 Å². The van der Waals surface area contributed by atoms with Crippen molar-refractivity contribution in [3.05, 3.63) is 66.5 Å². The first-order valence-electron chi connectivity index (χ1n) is 9.15. The Morgan fingerprint density at radius 3 is 2.40 bits per heavy atom. The minimum Gasteiger partial charge on any atom is -0.352 e. The van der Waals surface area contributed by atoms with E-state index >= 15 is 4.39 Å². The first-order valence-corrected chi connectivity index (χ1v) is 9.15. The van der Waals surface area contributed by atoms with Crippen LogP contribution in [0.4, 0.5) is 23.4 Å². The molecule has 1 aliphatic rings. The summed E-state index contributed by atoms with van der Waals surface area (Å²) in [6.07, 6.45) is 2.38. The largest absolute Gasteiger partial charge is 0.352 e. The molecule has 0 saturated carbocycles. The van der Waals surface area contributed by atoms with Gasteiger partial charge in [0.25, 0.3) is 0 Å². The van der Waals surface area contributed by atoms with Gasteiger partial charge in [0.15, 0.2) is 5.82 Å². The summed E-state index contributed by atoms with van der Waals surface area (Å²) in [6, 6.07) is 3.52. The molecule has 0 aliphatic carbocycles. The molecule has 1 fully saturated rings. The van der Waals surface area contributed by atoms with Crippen molar-refractivity contribution in [1.82, 2.24) is 14.9 Å². The second-order valence-electron chi connectivity index (χ2n) is 6.78. The van der Waals surface area contributed by atoms with Gasteiger partial charge in [0.1, 0.15) is 35.1 Å². The number of aromatic nitrogens is 2. The lowest BCUT2D eigenvalue weighted by Crippen LogP contribution is -2.48. The van der Waals surface area contributed by atoms with E-state index in [-0.39, 0.29) is 16.8 Å². The summed E-state index contributed by atoms with van der Waals surface area (Å²) in [5.74, 6) is -3.87. The zero-order valence-electron chi connectivity index (χ0n) is 15.7. The Kier molecular flexibility index (Phi) is 5.11. The molecule has 0 unspecified atom stereocenters. The van der Waals surface area contributed by atoms with Crippen LogP contribution < -0.4 is 4.90 Å². The summed E-state index contributed by atoms with van der Waals surface area (Å²) in [7, 11) is 0. The topological polar surface area (TPSA) is 49.3 Å². The Morgan fingerprint density at radius 1 is 1.00 bits per heavy atom. The van der Waals surface area contributed by atoms with Gasteiger partial charge in [0, 0.05) is 43.2 Å². The Bertz CT molecular complexity index is 1160. The number of anilines is 1. The lowest BCUT2D eigenvalue weighted by molar-refractivity contribution is -0.126. The summed E-state index contributed by atoms with van der Waals surface area (Å²) < 4.78 is 57.4. The average Bonchev–Trinajstić information content (AvgIpc) is 2.74. The highest BCUT2D eigenvalue weighted by Crippen LogP contribution is 2.35. The Hall–Kier alpha value is -3.49. The van der Waals surface area contributed by atoms with Crippen molar-refractivity contribution in [3.63, 3.8) is 0 Å². The van der Waals surface area contributed by atoms with E-state index in [1.54, 1.807) is 9.80 Å². The van der Waals surface area contributed by atoms with Crippen LogP contribution >= 0.6 is 0 Å². The molecule has 3 aromatic rings. The van der Waals surface area contributed by atoms with Gasteiger partial charge < -0.3 is 9.80 Å². The summed E-state index contributed by atoms with van der Waals surface area (Å²) in [6.45, 7) is 5.08. The van der Waals surface area contributed by atoms with Crippen LogP contribution in [0.2, 0.25) is 0 Å². The molecule has 1 aliphatic heterocycles. The van der Waals surface area contributed by atoms with Gasteiger partial charge in [0.2, 0.25) is 5.91 Å². The van der Waals surface area contributed by atoms with Gasteiger partial charge in [-0.3, -0.25) is 4.79 Å². The van der Waals surface area contributed by atoms with E-state index in [4.69, 9.17) is 0 Å². The van der Waals surface area contributed by atoms with Gasteiger partial charge >= 0.3 is 0 Å². The Balaban J connectivity index is 1.77. The maximum absolute atomic E-state index is 15.2. The highest BCUT2D eigenvalue weighted by atomic mass is 19.1. The van der Waals surface area contributed by atoms with E-state index < -0.39 is 34.4 Å². The van der Waals surface area contributed by atoms with Crippen LogP contribution in [-0.4, -0.2) is 47.0 Å². The number of hydrogen-bond acceptors (Lipinski definition) is 4. The number of nitrogens with zero attached hydrogens (tertiary/aromatic N) is 4. The van der Waals surface area contributed by atoms with Gasteiger partial charge in [-0.15, -0.1) is 0 Å². The monoisotopic (exact) mass is 416 g/mol. The number of benzene rings is 2. The van der Waals surface area contributed by atoms with E-state index in [0.717, 1.165) is 24.5 Å². The van der Waals surface area contributed by atoms with Crippen LogP contribution in [0.25, 0.3) is 22.0 Å². The van der Waals surface area contributed by atoms with Crippen molar-refractivity contribution in [2.24, 2.45) is 0 Å². The predicted molar refractivity (Wildman–Crippen MR) is 104 cm³/mol. The number of amides is 1. The summed E-state index contributed by atoms with van der Waals surface area (Å²) in [5.41, 5.74) is -1.19. The summed E-state index contributed by atoms with van der Waals surface area (Å²) in [4.78, 5) is 23.2. The molecule has 2 heterocycles. The van der Waals surface area contributed by atoms with Gasteiger partial charge in [-0.05, 0) is 24.3 Å². The predicted octanol–water partition coefficient (Wildman–Crippen LogP) is 3.69. The molecule has 1 saturated heterocycles. The zero-order valence-corrected chi connectivity index (χ0v) is 15.7. The molecule has 0 atom stereocenters. The normalized spacial score (nSPS) is 14.3. The summed E-state index contributed by atoms with van der Waals surface area (Å²) >= 11 is 0. The molecule has 0 N–H and O–H groups in total. The molecule has 0 spiro atoms. The van der Waals surface area contributed by atoms with Crippen LogP contribution in [0, 0.1) is 23.3 Å². The third-order valence-corrected chi connectivity index (χ3v) is 5.07. The second kappa shape index (κ2) is 7.74. The molecule has 2 aromatic carbocycles. The van der Waals surface area contributed by atoms with Crippen LogP contribution in [0.15, 0.2) is 43.2 Å². The minimum atomic E-state index is -1.08. The van der Waals surface area contributed by atoms with Crippen molar-refractivity contribution in [3.8, 4) is 11.1 Å². The molecule has 154 valence electrons. The van der Waals surface area contributed by atoms with Gasteiger partial charge in [-0.25, -0.2) is 27.5 Å². The molecule has 9 heteroatoms. The quantitative estimate of drug-likeness (QED) is 0.483. The number of rotatable bonds is 3. The third-order valence-electron chi connectivity index (χ3n) is 5.07. The lowest BCUT2D eigenvalue weighted by Gasteiger charge is -2.35. The maximum Gasteiger partial charge on any atom is 0.246 e. The second-order valence-corrected chi connectivity index (χ2v) is 6.78. The maximum atomic E-state index is 15.2. The Morgan fingerprint density at radius 2 is 1.73 bits per heavy atom. The molecule has 0 bridgehead atoms. The fourth-order valence-corrected chi connectivity index (χ4v) is 3.58. The van der Waals surface area contributed by atoms with Crippen LogP contribution in [0.5, 0.6) is 0 Å². The number of piperazine rings is 1. The first-order chi connectivity index (χ1) is 14.4. The molecule has 4 rings (SSSR count).